The van der Waals surface area contributed by atoms with Gasteiger partial charge in [-0.05, 0) is 32.0 Å². The molecule has 1 unspecified atom stereocenters. The van der Waals surface area contributed by atoms with E-state index in [2.05, 4.69) is 16.4 Å². The van der Waals surface area contributed by atoms with Gasteiger partial charge in [-0.3, -0.25) is 0 Å². The van der Waals surface area contributed by atoms with E-state index in [1.54, 1.807) is 29.5 Å². The third-order valence-corrected chi connectivity index (χ3v) is 3.66. The lowest BCUT2D eigenvalue weighted by atomic mass is 10.1. The van der Waals surface area contributed by atoms with Gasteiger partial charge >= 0.3 is 0 Å². The molecule has 0 radical (unpaired) electrons. The molecule has 0 fully saturated rings. The van der Waals surface area contributed by atoms with Gasteiger partial charge < -0.3 is 11.1 Å². The second-order valence-corrected chi connectivity index (χ2v) is 5.36. The Hall–Kier alpha value is -2.06. The minimum Gasteiger partial charge on any atom is -0.397 e. The lowest BCUT2D eigenvalue weighted by Gasteiger charge is -2.14. The summed E-state index contributed by atoms with van der Waals surface area (Å²) in [6, 6.07) is 7.37. The summed E-state index contributed by atoms with van der Waals surface area (Å²) in [7, 11) is 0. The number of hydrogen-bond donors (Lipinski definition) is 2. The highest BCUT2D eigenvalue weighted by atomic mass is 32.1. The SMILES string of the molecule is Cc1cnc(C(C)Nc2cc(C#N)ccc2N)s1. The van der Waals surface area contributed by atoms with Crippen molar-refractivity contribution >= 4 is 22.7 Å². The molecule has 4 nitrogen and oxygen atoms in total. The normalized spacial score (nSPS) is 11.8. The summed E-state index contributed by atoms with van der Waals surface area (Å²) < 4.78 is 0. The minimum absolute atomic E-state index is 0.0694. The Morgan fingerprint density at radius 1 is 1.50 bits per heavy atom. The molecule has 5 heteroatoms. The van der Waals surface area contributed by atoms with Crippen LogP contribution in [0.15, 0.2) is 24.4 Å². The van der Waals surface area contributed by atoms with Crippen molar-refractivity contribution in [2.45, 2.75) is 19.9 Å². The molecule has 1 heterocycles. The number of benzene rings is 1. The molecule has 92 valence electrons. The molecular weight excluding hydrogens is 244 g/mol. The van der Waals surface area contributed by atoms with Crippen LogP contribution >= 0.6 is 11.3 Å². The van der Waals surface area contributed by atoms with Gasteiger partial charge in [0.2, 0.25) is 0 Å². The Morgan fingerprint density at radius 3 is 2.89 bits per heavy atom. The summed E-state index contributed by atoms with van der Waals surface area (Å²) in [6.07, 6.45) is 1.85. The second-order valence-electron chi connectivity index (χ2n) is 4.09. The van der Waals surface area contributed by atoms with Crippen LogP contribution in [0.25, 0.3) is 0 Å². The van der Waals surface area contributed by atoms with Crippen molar-refractivity contribution in [1.82, 2.24) is 4.98 Å². The Kier molecular flexibility index (Phi) is 3.49. The van der Waals surface area contributed by atoms with Crippen molar-refractivity contribution in [1.29, 1.82) is 5.26 Å². The lowest BCUT2D eigenvalue weighted by molar-refractivity contribution is 0.870. The van der Waals surface area contributed by atoms with E-state index in [-0.39, 0.29) is 6.04 Å². The zero-order valence-electron chi connectivity index (χ0n) is 10.3. The molecule has 0 spiro atoms. The van der Waals surface area contributed by atoms with Gasteiger partial charge in [-0.15, -0.1) is 11.3 Å². The monoisotopic (exact) mass is 258 g/mol. The zero-order valence-corrected chi connectivity index (χ0v) is 11.1. The molecule has 1 aromatic carbocycles. The van der Waals surface area contributed by atoms with Gasteiger partial charge in [0.15, 0.2) is 0 Å². The van der Waals surface area contributed by atoms with Crippen LogP contribution < -0.4 is 11.1 Å². The Bertz CT molecular complexity index is 597. The summed E-state index contributed by atoms with van der Waals surface area (Å²) in [5.41, 5.74) is 7.88. The van der Waals surface area contributed by atoms with Crippen LogP contribution in [0.2, 0.25) is 0 Å². The van der Waals surface area contributed by atoms with Crippen LogP contribution in [0.5, 0.6) is 0 Å². The lowest BCUT2D eigenvalue weighted by Crippen LogP contribution is -2.08. The van der Waals surface area contributed by atoms with Gasteiger partial charge in [0.1, 0.15) is 5.01 Å². The fourth-order valence-electron chi connectivity index (χ4n) is 1.62. The topological polar surface area (TPSA) is 74.7 Å². The maximum absolute atomic E-state index is 8.88. The van der Waals surface area contributed by atoms with E-state index in [0.717, 1.165) is 10.7 Å². The number of thiazole rings is 1. The first kappa shape index (κ1) is 12.4. The van der Waals surface area contributed by atoms with Crippen molar-refractivity contribution in [3.05, 3.63) is 39.8 Å². The molecular formula is C13H14N4S. The molecule has 0 aliphatic carbocycles. The van der Waals surface area contributed by atoms with Gasteiger partial charge in [0, 0.05) is 11.1 Å². The molecule has 0 aliphatic heterocycles. The van der Waals surface area contributed by atoms with Crippen LogP contribution in [0.3, 0.4) is 0 Å². The van der Waals surface area contributed by atoms with Crippen molar-refractivity contribution < 1.29 is 0 Å². The maximum Gasteiger partial charge on any atom is 0.115 e. The average molecular weight is 258 g/mol. The van der Waals surface area contributed by atoms with Crippen LogP contribution in [-0.4, -0.2) is 4.98 Å². The Labute approximate surface area is 110 Å². The molecule has 3 N–H and O–H groups in total. The number of aromatic nitrogens is 1. The maximum atomic E-state index is 8.88. The number of aryl methyl sites for hydroxylation is 1. The minimum atomic E-state index is 0.0694. The highest BCUT2D eigenvalue weighted by Gasteiger charge is 2.11. The van der Waals surface area contributed by atoms with E-state index in [9.17, 15) is 0 Å². The fraction of sp³-hybridized carbons (Fsp3) is 0.231. The molecule has 0 saturated heterocycles. The van der Waals surface area contributed by atoms with E-state index in [1.165, 1.54) is 4.88 Å². The number of hydrogen-bond acceptors (Lipinski definition) is 5. The molecule has 0 amide bonds. The largest absolute Gasteiger partial charge is 0.397 e. The predicted molar refractivity (Wildman–Crippen MR) is 74.5 cm³/mol. The number of anilines is 2. The van der Waals surface area contributed by atoms with E-state index in [4.69, 9.17) is 11.0 Å². The van der Waals surface area contributed by atoms with Crippen LogP contribution in [-0.2, 0) is 0 Å². The van der Waals surface area contributed by atoms with Crippen LogP contribution in [0.1, 0.15) is 28.4 Å². The number of nitrogen functional groups attached to an aromatic ring is 1. The Balaban J connectivity index is 2.21. The number of nitriles is 1. The number of nitrogens with one attached hydrogen (secondary N) is 1. The first-order chi connectivity index (χ1) is 8.60. The molecule has 1 aromatic heterocycles. The van der Waals surface area contributed by atoms with Gasteiger partial charge in [0.05, 0.1) is 29.0 Å². The van der Waals surface area contributed by atoms with Crippen molar-refractivity contribution in [2.24, 2.45) is 0 Å². The quantitative estimate of drug-likeness (QED) is 0.830. The smallest absolute Gasteiger partial charge is 0.115 e. The van der Waals surface area contributed by atoms with Gasteiger partial charge in [-0.1, -0.05) is 0 Å². The summed E-state index contributed by atoms with van der Waals surface area (Å²) in [4.78, 5) is 5.51. The first-order valence-corrected chi connectivity index (χ1v) is 6.40. The van der Waals surface area contributed by atoms with Gasteiger partial charge in [-0.25, -0.2) is 4.98 Å². The second kappa shape index (κ2) is 5.07. The summed E-state index contributed by atoms with van der Waals surface area (Å²) in [5.74, 6) is 0. The van der Waals surface area contributed by atoms with Crippen LogP contribution in [0, 0.1) is 18.3 Å². The standard InChI is InChI=1S/C13H14N4S/c1-8-7-16-13(18-8)9(2)17-12-5-10(6-14)3-4-11(12)15/h3-5,7,9,17H,15H2,1-2H3. The molecule has 18 heavy (non-hydrogen) atoms. The molecule has 0 aliphatic rings. The molecule has 0 saturated carbocycles. The Morgan fingerprint density at radius 2 is 2.28 bits per heavy atom. The van der Waals surface area contributed by atoms with Crippen molar-refractivity contribution in [3.8, 4) is 6.07 Å². The van der Waals surface area contributed by atoms with Crippen molar-refractivity contribution in [3.63, 3.8) is 0 Å². The molecule has 2 aromatic rings. The molecule has 1 atom stereocenters. The number of nitrogens with zero attached hydrogens (tertiary/aromatic N) is 2. The van der Waals surface area contributed by atoms with Gasteiger partial charge in [-0.2, -0.15) is 5.26 Å². The number of rotatable bonds is 3. The van der Waals surface area contributed by atoms with Gasteiger partial charge in [0.25, 0.3) is 0 Å². The third-order valence-electron chi connectivity index (χ3n) is 2.56. The van der Waals surface area contributed by atoms with E-state index >= 15 is 0 Å². The number of nitrogens with two attached hydrogens (primary N) is 1. The highest BCUT2D eigenvalue weighted by Crippen LogP contribution is 2.27. The third kappa shape index (κ3) is 2.60. The van der Waals surface area contributed by atoms with Crippen molar-refractivity contribution in [2.75, 3.05) is 11.1 Å². The molecule has 2 rings (SSSR count). The highest BCUT2D eigenvalue weighted by molar-refractivity contribution is 7.11. The first-order valence-electron chi connectivity index (χ1n) is 5.58. The van der Waals surface area contributed by atoms with E-state index in [1.807, 2.05) is 20.0 Å². The predicted octanol–water partition coefficient (Wildman–Crippen LogP) is 3.08. The van der Waals surface area contributed by atoms with E-state index in [0.29, 0.717) is 11.3 Å². The summed E-state index contributed by atoms with van der Waals surface area (Å²) >= 11 is 1.65. The fourth-order valence-corrected chi connectivity index (χ4v) is 2.39. The summed E-state index contributed by atoms with van der Waals surface area (Å²) in [5, 5.41) is 13.2. The average Bonchev–Trinajstić information content (AvgIpc) is 2.79. The molecule has 0 bridgehead atoms. The van der Waals surface area contributed by atoms with E-state index < -0.39 is 0 Å². The van der Waals surface area contributed by atoms with Crippen LogP contribution in [0.4, 0.5) is 11.4 Å². The summed E-state index contributed by atoms with van der Waals surface area (Å²) in [6.45, 7) is 4.05. The zero-order chi connectivity index (χ0) is 13.1.